The molecule has 0 spiro atoms. The first-order chi connectivity index (χ1) is 9.65. The van der Waals surface area contributed by atoms with Gasteiger partial charge in [0, 0.05) is 18.4 Å². The summed E-state index contributed by atoms with van der Waals surface area (Å²) in [6, 6.07) is 7.66. The highest BCUT2D eigenvalue weighted by molar-refractivity contribution is 9.10. The number of aliphatic hydroxyl groups is 1. The van der Waals surface area contributed by atoms with E-state index in [0.29, 0.717) is 26.0 Å². The fourth-order valence-electron chi connectivity index (χ4n) is 1.92. The van der Waals surface area contributed by atoms with Gasteiger partial charge in [-0.1, -0.05) is 12.1 Å². The molecule has 1 aromatic carbocycles. The number of amides is 1. The number of ether oxygens (including phenoxy) is 1. The number of halogens is 1. The maximum Gasteiger partial charge on any atom is 0.220 e. The summed E-state index contributed by atoms with van der Waals surface area (Å²) in [5, 5.41) is 12.0. The lowest BCUT2D eigenvalue weighted by atomic mass is 10.1. The number of hydrogen-bond acceptors (Lipinski definition) is 3. The summed E-state index contributed by atoms with van der Waals surface area (Å²) >= 11 is 3.41. The Morgan fingerprint density at radius 2 is 2.15 bits per heavy atom. The Kier molecular flexibility index (Phi) is 5.43. The van der Waals surface area contributed by atoms with Crippen LogP contribution in [0.5, 0.6) is 5.75 Å². The lowest BCUT2D eigenvalue weighted by Crippen LogP contribution is -2.31. The summed E-state index contributed by atoms with van der Waals surface area (Å²) < 4.78 is 6.52. The van der Waals surface area contributed by atoms with E-state index in [4.69, 9.17) is 9.84 Å². The molecule has 1 aliphatic rings. The number of carbonyl (C=O) groups excluding carboxylic acids is 1. The van der Waals surface area contributed by atoms with Crippen molar-refractivity contribution in [2.45, 2.75) is 25.7 Å². The van der Waals surface area contributed by atoms with Crippen LogP contribution in [0.2, 0.25) is 0 Å². The Hall–Kier alpha value is -1.07. The SMILES string of the molecule is O=C(CCCOc1ccccc1Br)NCC1(CO)CC1. The second-order valence-electron chi connectivity index (χ2n) is 5.32. The Balaban J connectivity index is 1.59. The fraction of sp³-hybridized carbons (Fsp3) is 0.533. The van der Waals surface area contributed by atoms with Gasteiger partial charge in [-0.15, -0.1) is 0 Å². The molecule has 0 unspecified atom stereocenters. The molecule has 1 aromatic rings. The van der Waals surface area contributed by atoms with Crippen molar-refractivity contribution in [3.8, 4) is 5.75 Å². The molecule has 0 heterocycles. The zero-order chi connectivity index (χ0) is 14.4. The smallest absolute Gasteiger partial charge is 0.220 e. The molecule has 0 aliphatic heterocycles. The lowest BCUT2D eigenvalue weighted by molar-refractivity contribution is -0.121. The van der Waals surface area contributed by atoms with Gasteiger partial charge in [-0.3, -0.25) is 4.79 Å². The third kappa shape index (κ3) is 4.49. The summed E-state index contributed by atoms with van der Waals surface area (Å²) in [6.07, 6.45) is 3.15. The average Bonchev–Trinajstić information content (AvgIpc) is 3.24. The normalized spacial score (nSPS) is 15.7. The fourth-order valence-corrected chi connectivity index (χ4v) is 2.32. The third-order valence-electron chi connectivity index (χ3n) is 3.60. The van der Waals surface area contributed by atoms with Gasteiger partial charge in [0.1, 0.15) is 5.75 Å². The maximum atomic E-state index is 11.7. The molecular weight excluding hydrogens is 322 g/mol. The molecule has 4 nitrogen and oxygen atoms in total. The molecule has 20 heavy (non-hydrogen) atoms. The number of benzene rings is 1. The number of rotatable bonds is 8. The molecule has 0 radical (unpaired) electrons. The molecule has 1 saturated carbocycles. The minimum Gasteiger partial charge on any atom is -0.492 e. The van der Waals surface area contributed by atoms with E-state index in [1.807, 2.05) is 24.3 Å². The zero-order valence-electron chi connectivity index (χ0n) is 11.4. The van der Waals surface area contributed by atoms with Crippen LogP contribution in [-0.4, -0.2) is 30.8 Å². The second-order valence-corrected chi connectivity index (χ2v) is 6.17. The molecule has 1 aliphatic carbocycles. The molecule has 110 valence electrons. The minimum absolute atomic E-state index is 0.0267. The minimum atomic E-state index is -0.0267. The van der Waals surface area contributed by atoms with Crippen LogP contribution in [-0.2, 0) is 4.79 Å². The van der Waals surface area contributed by atoms with Crippen molar-refractivity contribution >= 4 is 21.8 Å². The largest absolute Gasteiger partial charge is 0.492 e. The van der Waals surface area contributed by atoms with Gasteiger partial charge in [0.25, 0.3) is 0 Å². The Morgan fingerprint density at radius 3 is 2.80 bits per heavy atom. The van der Waals surface area contributed by atoms with Crippen LogP contribution < -0.4 is 10.1 Å². The Bertz CT molecular complexity index is 460. The molecule has 0 saturated heterocycles. The maximum absolute atomic E-state index is 11.7. The molecule has 2 rings (SSSR count). The second kappa shape index (κ2) is 7.09. The van der Waals surface area contributed by atoms with Gasteiger partial charge >= 0.3 is 0 Å². The van der Waals surface area contributed by atoms with Gasteiger partial charge in [0.2, 0.25) is 5.91 Å². The highest BCUT2D eigenvalue weighted by Crippen LogP contribution is 2.44. The number of nitrogens with one attached hydrogen (secondary N) is 1. The van der Waals surface area contributed by atoms with Crippen molar-refractivity contribution in [3.05, 3.63) is 28.7 Å². The molecule has 0 atom stereocenters. The summed E-state index contributed by atoms with van der Waals surface area (Å²) in [5.41, 5.74) is -0.0267. The third-order valence-corrected chi connectivity index (χ3v) is 4.25. The van der Waals surface area contributed by atoms with Crippen LogP contribution in [0, 0.1) is 5.41 Å². The predicted octanol–water partition coefficient (Wildman–Crippen LogP) is 2.50. The first kappa shape index (κ1) is 15.3. The molecule has 5 heteroatoms. The first-order valence-electron chi connectivity index (χ1n) is 6.90. The van der Waals surface area contributed by atoms with Crippen molar-refractivity contribution in [3.63, 3.8) is 0 Å². The standard InChI is InChI=1S/C15H20BrNO3/c16-12-4-1-2-5-13(12)20-9-3-6-14(19)17-10-15(11-18)7-8-15/h1-2,4-5,18H,3,6-11H2,(H,17,19). The van der Waals surface area contributed by atoms with Crippen molar-refractivity contribution < 1.29 is 14.6 Å². The van der Waals surface area contributed by atoms with Gasteiger partial charge in [-0.25, -0.2) is 0 Å². The summed E-state index contributed by atoms with van der Waals surface area (Å²) in [5.74, 6) is 0.825. The average molecular weight is 342 g/mol. The quantitative estimate of drug-likeness (QED) is 0.714. The van der Waals surface area contributed by atoms with E-state index in [-0.39, 0.29) is 17.9 Å². The molecule has 1 amide bonds. The van der Waals surface area contributed by atoms with Gasteiger partial charge < -0.3 is 15.2 Å². The van der Waals surface area contributed by atoms with E-state index < -0.39 is 0 Å². The van der Waals surface area contributed by atoms with Crippen LogP contribution in [0.4, 0.5) is 0 Å². The van der Waals surface area contributed by atoms with Crippen molar-refractivity contribution in [2.24, 2.45) is 5.41 Å². The predicted molar refractivity (Wildman–Crippen MR) is 80.6 cm³/mol. The van der Waals surface area contributed by atoms with Crippen LogP contribution >= 0.6 is 15.9 Å². The van der Waals surface area contributed by atoms with Crippen LogP contribution in [0.15, 0.2) is 28.7 Å². The number of aliphatic hydroxyl groups excluding tert-OH is 1. The van der Waals surface area contributed by atoms with Gasteiger partial charge in [-0.05, 0) is 47.3 Å². The number of carbonyl (C=O) groups is 1. The summed E-state index contributed by atoms with van der Waals surface area (Å²) in [6.45, 7) is 1.27. The monoisotopic (exact) mass is 341 g/mol. The lowest BCUT2D eigenvalue weighted by Gasteiger charge is -2.12. The molecule has 2 N–H and O–H groups in total. The van der Waals surface area contributed by atoms with E-state index in [1.165, 1.54) is 0 Å². The van der Waals surface area contributed by atoms with E-state index in [1.54, 1.807) is 0 Å². The molecular formula is C15H20BrNO3. The summed E-state index contributed by atoms with van der Waals surface area (Å²) in [7, 11) is 0. The van der Waals surface area contributed by atoms with Crippen LogP contribution in [0.3, 0.4) is 0 Å². The molecule has 0 bridgehead atoms. The van der Waals surface area contributed by atoms with Crippen molar-refractivity contribution in [2.75, 3.05) is 19.8 Å². The highest BCUT2D eigenvalue weighted by Gasteiger charge is 2.41. The molecule has 0 aromatic heterocycles. The van der Waals surface area contributed by atoms with Gasteiger partial charge in [0.15, 0.2) is 0 Å². The van der Waals surface area contributed by atoms with Crippen molar-refractivity contribution in [1.29, 1.82) is 0 Å². The number of para-hydroxylation sites is 1. The topological polar surface area (TPSA) is 58.6 Å². The van der Waals surface area contributed by atoms with Crippen LogP contribution in [0.25, 0.3) is 0 Å². The highest BCUT2D eigenvalue weighted by atomic mass is 79.9. The Morgan fingerprint density at radius 1 is 1.40 bits per heavy atom. The van der Waals surface area contributed by atoms with Gasteiger partial charge in [0.05, 0.1) is 17.7 Å². The van der Waals surface area contributed by atoms with E-state index in [0.717, 1.165) is 23.1 Å². The van der Waals surface area contributed by atoms with E-state index >= 15 is 0 Å². The molecule has 1 fully saturated rings. The van der Waals surface area contributed by atoms with E-state index in [2.05, 4.69) is 21.2 Å². The van der Waals surface area contributed by atoms with Gasteiger partial charge in [-0.2, -0.15) is 0 Å². The number of hydrogen-bond donors (Lipinski definition) is 2. The van der Waals surface area contributed by atoms with Crippen LogP contribution in [0.1, 0.15) is 25.7 Å². The summed E-state index contributed by atoms with van der Waals surface area (Å²) in [4.78, 5) is 11.7. The zero-order valence-corrected chi connectivity index (χ0v) is 13.0. The van der Waals surface area contributed by atoms with E-state index in [9.17, 15) is 4.79 Å². The van der Waals surface area contributed by atoms with Crippen molar-refractivity contribution in [1.82, 2.24) is 5.32 Å². The Labute approximate surface area is 127 Å². The first-order valence-corrected chi connectivity index (χ1v) is 7.69.